The molecule has 0 fully saturated rings. The third-order valence-electron chi connectivity index (χ3n) is 3.95. The Morgan fingerprint density at radius 2 is 1.78 bits per heavy atom. The second-order valence-corrected chi connectivity index (χ2v) is 6.27. The van der Waals surface area contributed by atoms with Gasteiger partial charge < -0.3 is 0 Å². The standard InChI is InChI=1S/C15H9B4ClN6O/c16-14(17,9-1-3-10(20)4-2-9)15(18,19)12(27)24-13-23-11(25-26-13)8-5-6-21-22-7-8/h1-7H,(H2,23,24,25,26,27). The first kappa shape index (κ1) is 19.2. The van der Waals surface area contributed by atoms with Gasteiger partial charge in [0.2, 0.25) is 11.9 Å². The molecule has 1 aromatic carbocycles. The predicted molar refractivity (Wildman–Crippen MR) is 105 cm³/mol. The number of hydrogen-bond donors (Lipinski definition) is 2. The summed E-state index contributed by atoms with van der Waals surface area (Å²) in [5.74, 6) is -0.566. The molecule has 0 saturated heterocycles. The summed E-state index contributed by atoms with van der Waals surface area (Å²) in [5, 5.41) is 12.7. The van der Waals surface area contributed by atoms with Crippen LogP contribution in [0.2, 0.25) is 10.2 Å². The molecule has 1 amide bonds. The van der Waals surface area contributed by atoms with Crippen LogP contribution in [0.25, 0.3) is 11.4 Å². The van der Waals surface area contributed by atoms with Crippen LogP contribution in [0.3, 0.4) is 0 Å². The quantitative estimate of drug-likeness (QED) is 0.640. The van der Waals surface area contributed by atoms with Crippen molar-refractivity contribution in [3.8, 4) is 11.4 Å². The average molecular weight is 368 g/mol. The normalized spacial score (nSPS) is 11.9. The Balaban J connectivity index is 1.80. The van der Waals surface area contributed by atoms with Crippen LogP contribution < -0.4 is 5.32 Å². The van der Waals surface area contributed by atoms with Gasteiger partial charge in [-0.1, -0.05) is 34.5 Å². The van der Waals surface area contributed by atoms with Crippen molar-refractivity contribution in [3.05, 3.63) is 53.3 Å². The van der Waals surface area contributed by atoms with E-state index in [9.17, 15) is 4.79 Å². The zero-order valence-electron chi connectivity index (χ0n) is 13.9. The summed E-state index contributed by atoms with van der Waals surface area (Å²) in [4.78, 5) is 16.7. The molecular weight excluding hydrogens is 359 g/mol. The zero-order chi connectivity index (χ0) is 19.7. The Morgan fingerprint density at radius 1 is 1.07 bits per heavy atom. The van der Waals surface area contributed by atoms with E-state index in [0.29, 0.717) is 22.0 Å². The van der Waals surface area contributed by atoms with Crippen molar-refractivity contribution in [2.75, 3.05) is 5.32 Å². The van der Waals surface area contributed by atoms with Crippen LogP contribution in [-0.2, 0) is 10.0 Å². The molecule has 3 rings (SSSR count). The number of rotatable bonds is 5. The number of hydrogen-bond acceptors (Lipinski definition) is 5. The van der Waals surface area contributed by atoms with E-state index in [-0.39, 0.29) is 5.95 Å². The third kappa shape index (κ3) is 3.78. The molecule has 0 saturated carbocycles. The Hall–Kier alpha value is -2.54. The minimum absolute atomic E-state index is 0.0565. The molecule has 2 heterocycles. The van der Waals surface area contributed by atoms with Crippen molar-refractivity contribution in [2.24, 2.45) is 0 Å². The zero-order valence-corrected chi connectivity index (χ0v) is 14.7. The lowest BCUT2D eigenvalue weighted by Crippen LogP contribution is -2.50. The number of nitrogens with zero attached hydrogens (tertiary/aromatic N) is 4. The lowest BCUT2D eigenvalue weighted by molar-refractivity contribution is -0.117. The van der Waals surface area contributed by atoms with Gasteiger partial charge >= 0.3 is 0 Å². The van der Waals surface area contributed by atoms with Gasteiger partial charge in [0.25, 0.3) is 0 Å². The van der Waals surface area contributed by atoms with E-state index in [1.54, 1.807) is 18.2 Å². The van der Waals surface area contributed by atoms with Gasteiger partial charge in [-0.05, 0) is 23.4 Å². The van der Waals surface area contributed by atoms with Gasteiger partial charge in [-0.25, -0.2) is 0 Å². The molecule has 0 aliphatic heterocycles. The molecule has 2 aromatic heterocycles. The van der Waals surface area contributed by atoms with Gasteiger partial charge in [0.15, 0.2) is 5.82 Å². The minimum Gasteiger partial charge on any atom is -0.294 e. The van der Waals surface area contributed by atoms with E-state index in [1.165, 1.54) is 24.5 Å². The number of aromatic amines is 1. The molecule has 0 unspecified atom stereocenters. The first-order chi connectivity index (χ1) is 12.7. The maximum atomic E-state index is 12.6. The molecule has 2 N–H and O–H groups in total. The molecule has 0 atom stereocenters. The third-order valence-corrected chi connectivity index (χ3v) is 4.20. The number of H-pyrrole nitrogens is 1. The van der Waals surface area contributed by atoms with Gasteiger partial charge in [-0.3, -0.25) is 15.2 Å². The minimum atomic E-state index is -2.18. The highest BCUT2D eigenvalue weighted by Gasteiger charge is 2.42. The van der Waals surface area contributed by atoms with Crippen LogP contribution in [0.5, 0.6) is 0 Å². The molecule has 124 valence electrons. The molecule has 12 heteroatoms. The highest BCUT2D eigenvalue weighted by Crippen LogP contribution is 2.39. The van der Waals surface area contributed by atoms with E-state index in [1.807, 2.05) is 0 Å². The van der Waals surface area contributed by atoms with Gasteiger partial charge in [0, 0.05) is 10.6 Å². The van der Waals surface area contributed by atoms with Crippen molar-refractivity contribution in [3.63, 3.8) is 0 Å². The van der Waals surface area contributed by atoms with Crippen molar-refractivity contribution >= 4 is 54.8 Å². The monoisotopic (exact) mass is 368 g/mol. The van der Waals surface area contributed by atoms with Crippen LogP contribution >= 0.6 is 11.6 Å². The SMILES string of the molecule is [B]C([B])(C(=O)Nc1n[nH]c(-c2ccnnc2)n1)C([B])([B])c1ccc(Cl)cc1. The van der Waals surface area contributed by atoms with Crippen LogP contribution in [0.4, 0.5) is 5.95 Å². The molecule has 0 aliphatic carbocycles. The summed E-state index contributed by atoms with van der Waals surface area (Å²) in [6.07, 6.45) is 2.97. The van der Waals surface area contributed by atoms with Gasteiger partial charge in [-0.2, -0.15) is 15.2 Å². The fraction of sp³-hybridized carbons (Fsp3) is 0.133. The van der Waals surface area contributed by atoms with Crippen molar-refractivity contribution in [1.82, 2.24) is 25.4 Å². The van der Waals surface area contributed by atoms with Crippen molar-refractivity contribution in [2.45, 2.75) is 10.4 Å². The van der Waals surface area contributed by atoms with E-state index >= 15 is 0 Å². The Morgan fingerprint density at radius 3 is 2.41 bits per heavy atom. The van der Waals surface area contributed by atoms with E-state index in [0.717, 1.165) is 0 Å². The molecule has 0 bridgehead atoms. The van der Waals surface area contributed by atoms with Gasteiger partial charge in [0.05, 0.1) is 43.8 Å². The Labute approximate surface area is 165 Å². The number of benzene rings is 1. The van der Waals surface area contributed by atoms with E-state index in [2.05, 4.69) is 30.7 Å². The maximum absolute atomic E-state index is 12.6. The predicted octanol–water partition coefficient (Wildman–Crippen LogP) is 0.497. The number of nitrogens with one attached hydrogen (secondary N) is 2. The summed E-state index contributed by atoms with van der Waals surface area (Å²) in [5.41, 5.74) is 0.948. The molecule has 7 nitrogen and oxygen atoms in total. The smallest absolute Gasteiger partial charge is 0.249 e. The van der Waals surface area contributed by atoms with Gasteiger partial charge in [0.1, 0.15) is 0 Å². The fourth-order valence-electron chi connectivity index (χ4n) is 2.23. The summed E-state index contributed by atoms with van der Waals surface area (Å²) in [6, 6.07) is 7.85. The number of halogens is 1. The highest BCUT2D eigenvalue weighted by atomic mass is 35.5. The number of carbonyl (C=O) groups is 1. The summed E-state index contributed by atoms with van der Waals surface area (Å²) in [7, 11) is 24.1. The van der Waals surface area contributed by atoms with Crippen LogP contribution in [0.1, 0.15) is 5.56 Å². The lowest BCUT2D eigenvalue weighted by Gasteiger charge is -2.43. The molecule has 8 radical (unpaired) electrons. The number of amides is 1. The number of aromatic nitrogens is 5. The van der Waals surface area contributed by atoms with Crippen LogP contribution in [0.15, 0.2) is 42.7 Å². The maximum Gasteiger partial charge on any atom is 0.249 e. The topological polar surface area (TPSA) is 96.5 Å². The van der Waals surface area contributed by atoms with Gasteiger partial charge in [-0.15, -0.1) is 5.10 Å². The molecular formula is C15H9B4ClN6O. The second-order valence-electron chi connectivity index (χ2n) is 5.84. The Kier molecular flexibility index (Phi) is 5.15. The molecule has 3 aromatic rings. The lowest BCUT2D eigenvalue weighted by atomic mass is 9.28. The van der Waals surface area contributed by atoms with Crippen molar-refractivity contribution in [1.29, 1.82) is 0 Å². The summed E-state index contributed by atoms with van der Waals surface area (Å²) in [6.45, 7) is 0. The van der Waals surface area contributed by atoms with Crippen LogP contribution in [0, 0.1) is 0 Å². The first-order valence-corrected chi connectivity index (χ1v) is 8.02. The number of anilines is 1. The fourth-order valence-corrected chi connectivity index (χ4v) is 2.36. The van der Waals surface area contributed by atoms with Crippen molar-refractivity contribution < 1.29 is 4.79 Å². The molecule has 27 heavy (non-hydrogen) atoms. The summed E-state index contributed by atoms with van der Waals surface area (Å²) < 4.78 is 0. The van der Waals surface area contributed by atoms with Crippen LogP contribution in [-0.4, -0.2) is 62.7 Å². The number of carbonyl (C=O) groups excluding carboxylic acids is 1. The van der Waals surface area contributed by atoms with E-state index in [4.69, 9.17) is 43.0 Å². The second kappa shape index (κ2) is 7.23. The van der Waals surface area contributed by atoms with E-state index < -0.39 is 16.3 Å². The average Bonchev–Trinajstić information content (AvgIpc) is 3.11. The summed E-state index contributed by atoms with van der Waals surface area (Å²) >= 11 is 5.85. The Bertz CT molecular complexity index is 948. The molecule has 0 spiro atoms. The highest BCUT2D eigenvalue weighted by molar-refractivity contribution is 6.62. The molecule has 0 aliphatic rings. The first-order valence-electron chi connectivity index (χ1n) is 7.64. The largest absolute Gasteiger partial charge is 0.294 e.